The molecule has 1 N–H and O–H groups in total. The second-order valence-corrected chi connectivity index (χ2v) is 5.94. The highest BCUT2D eigenvalue weighted by atomic mass is 35.5. The average molecular weight is 297 g/mol. The molecule has 0 saturated carbocycles. The molecule has 0 radical (unpaired) electrons. The van der Waals surface area contributed by atoms with Crippen LogP contribution in [0.2, 0.25) is 5.15 Å². The van der Waals surface area contributed by atoms with Crippen molar-refractivity contribution in [1.82, 2.24) is 15.3 Å². The van der Waals surface area contributed by atoms with Crippen LogP contribution < -0.4 is 10.2 Å². The molecular weight excluding hydrogens is 280 g/mol. The smallest absolute Gasteiger partial charge is 0.251 e. The fourth-order valence-corrected chi connectivity index (χ4v) is 2.55. The average Bonchev–Trinajstić information content (AvgIpc) is 2.33. The van der Waals surface area contributed by atoms with E-state index in [-0.39, 0.29) is 24.3 Å². The molecule has 1 fully saturated rings. The summed E-state index contributed by atoms with van der Waals surface area (Å²) in [6.07, 6.45) is 1.34. The number of carbonyl (C=O) groups excluding carboxylic acids is 2. The van der Waals surface area contributed by atoms with Crippen LogP contribution in [0.5, 0.6) is 0 Å². The lowest BCUT2D eigenvalue weighted by Gasteiger charge is -2.42. The molecule has 1 saturated heterocycles. The van der Waals surface area contributed by atoms with E-state index < -0.39 is 5.54 Å². The van der Waals surface area contributed by atoms with Gasteiger partial charge in [0.05, 0.1) is 6.54 Å². The van der Waals surface area contributed by atoms with Gasteiger partial charge in [-0.2, -0.15) is 0 Å². The van der Waals surface area contributed by atoms with E-state index in [4.69, 9.17) is 11.6 Å². The number of aromatic nitrogens is 2. The first-order valence-corrected chi connectivity index (χ1v) is 6.75. The minimum atomic E-state index is -0.880. The van der Waals surface area contributed by atoms with Crippen LogP contribution in [0.25, 0.3) is 0 Å². The zero-order valence-corrected chi connectivity index (χ0v) is 12.7. The Balaban J connectivity index is 2.57. The van der Waals surface area contributed by atoms with E-state index in [1.807, 2.05) is 13.8 Å². The van der Waals surface area contributed by atoms with Crippen LogP contribution in [0.1, 0.15) is 39.2 Å². The van der Waals surface area contributed by atoms with Gasteiger partial charge in [0.15, 0.2) is 0 Å². The number of anilines is 1. The van der Waals surface area contributed by atoms with E-state index in [0.29, 0.717) is 11.0 Å². The maximum atomic E-state index is 12.0. The van der Waals surface area contributed by atoms with Crippen LogP contribution in [-0.4, -0.2) is 33.9 Å². The van der Waals surface area contributed by atoms with Gasteiger partial charge in [0.2, 0.25) is 5.91 Å². The van der Waals surface area contributed by atoms with Gasteiger partial charge in [0.25, 0.3) is 5.91 Å². The molecule has 6 nitrogen and oxygen atoms in total. The molecule has 2 rings (SSSR count). The highest BCUT2D eigenvalue weighted by Crippen LogP contribution is 2.34. The summed E-state index contributed by atoms with van der Waals surface area (Å²) in [5.74, 6) is -0.0836. The SMILES string of the molecule is CC(C)c1c(Cl)ncnc1N1CC(=O)NC(=O)C1(C)C. The van der Waals surface area contributed by atoms with Crippen LogP contribution in [0.15, 0.2) is 6.33 Å². The summed E-state index contributed by atoms with van der Waals surface area (Å²) in [6, 6.07) is 0. The third kappa shape index (κ3) is 2.35. The number of piperazine rings is 1. The Morgan fingerprint density at radius 1 is 1.35 bits per heavy atom. The zero-order valence-electron chi connectivity index (χ0n) is 11.9. The van der Waals surface area contributed by atoms with Crippen LogP contribution in [-0.2, 0) is 9.59 Å². The highest BCUT2D eigenvalue weighted by Gasteiger charge is 2.42. The van der Waals surface area contributed by atoms with Gasteiger partial charge >= 0.3 is 0 Å². The molecule has 0 spiro atoms. The van der Waals surface area contributed by atoms with Crippen molar-refractivity contribution in [2.45, 2.75) is 39.2 Å². The first kappa shape index (κ1) is 14.7. The third-order valence-electron chi connectivity index (χ3n) is 3.43. The van der Waals surface area contributed by atoms with Crippen LogP contribution in [0, 0.1) is 0 Å². The van der Waals surface area contributed by atoms with Crippen LogP contribution in [0.3, 0.4) is 0 Å². The summed E-state index contributed by atoms with van der Waals surface area (Å²) in [6.45, 7) is 7.48. The lowest BCUT2D eigenvalue weighted by Crippen LogP contribution is -2.64. The largest absolute Gasteiger partial charge is 0.333 e. The Hall–Kier alpha value is -1.69. The number of nitrogens with one attached hydrogen (secondary N) is 1. The molecule has 7 heteroatoms. The maximum Gasteiger partial charge on any atom is 0.251 e. The minimum absolute atomic E-state index is 0.0613. The normalized spacial score (nSPS) is 18.4. The third-order valence-corrected chi connectivity index (χ3v) is 3.73. The van der Waals surface area contributed by atoms with Gasteiger partial charge in [0, 0.05) is 5.56 Å². The van der Waals surface area contributed by atoms with Crippen molar-refractivity contribution < 1.29 is 9.59 Å². The van der Waals surface area contributed by atoms with E-state index in [9.17, 15) is 9.59 Å². The van der Waals surface area contributed by atoms with Crippen molar-refractivity contribution in [3.8, 4) is 0 Å². The van der Waals surface area contributed by atoms with Gasteiger partial charge < -0.3 is 4.90 Å². The molecule has 1 aliphatic rings. The van der Waals surface area contributed by atoms with E-state index in [2.05, 4.69) is 15.3 Å². The molecule has 0 atom stereocenters. The van der Waals surface area contributed by atoms with Crippen molar-refractivity contribution in [3.63, 3.8) is 0 Å². The monoisotopic (exact) mass is 296 g/mol. The van der Waals surface area contributed by atoms with E-state index >= 15 is 0 Å². The maximum absolute atomic E-state index is 12.0. The van der Waals surface area contributed by atoms with Crippen molar-refractivity contribution in [2.24, 2.45) is 0 Å². The number of amides is 2. The number of rotatable bonds is 2. The predicted octanol–water partition coefficient (Wildman–Crippen LogP) is 1.49. The fraction of sp³-hybridized carbons (Fsp3) is 0.538. The molecule has 0 aliphatic carbocycles. The topological polar surface area (TPSA) is 75.2 Å². The van der Waals surface area contributed by atoms with Gasteiger partial charge in [-0.15, -0.1) is 0 Å². The molecule has 2 heterocycles. The summed E-state index contributed by atoms with van der Waals surface area (Å²) in [5.41, 5.74) is -0.139. The molecule has 0 unspecified atom stereocenters. The summed E-state index contributed by atoms with van der Waals surface area (Å²) >= 11 is 6.15. The fourth-order valence-electron chi connectivity index (χ4n) is 2.20. The number of hydrogen-bond donors (Lipinski definition) is 1. The molecule has 2 amide bonds. The van der Waals surface area contributed by atoms with Crippen molar-refractivity contribution in [3.05, 3.63) is 17.0 Å². The van der Waals surface area contributed by atoms with Gasteiger partial charge in [0.1, 0.15) is 22.8 Å². The summed E-state index contributed by atoms with van der Waals surface area (Å²) in [7, 11) is 0. The Morgan fingerprint density at radius 2 is 2.00 bits per heavy atom. The number of nitrogens with zero attached hydrogens (tertiary/aromatic N) is 3. The molecule has 1 aromatic heterocycles. The number of imide groups is 1. The molecule has 108 valence electrons. The van der Waals surface area contributed by atoms with Gasteiger partial charge in [-0.25, -0.2) is 9.97 Å². The highest BCUT2D eigenvalue weighted by molar-refractivity contribution is 6.30. The standard InChI is InChI=1S/C13H17ClN4O2/c1-7(2)9-10(14)15-6-16-11(9)18-5-8(19)17-12(20)13(18,3)4/h6-7H,5H2,1-4H3,(H,17,19,20). The van der Waals surface area contributed by atoms with Crippen molar-refractivity contribution >= 4 is 29.2 Å². The summed E-state index contributed by atoms with van der Waals surface area (Å²) in [5, 5.41) is 2.68. The van der Waals surface area contributed by atoms with E-state index in [1.165, 1.54) is 6.33 Å². The predicted molar refractivity (Wildman–Crippen MR) is 75.7 cm³/mol. The molecule has 0 bridgehead atoms. The molecule has 1 aliphatic heterocycles. The van der Waals surface area contributed by atoms with Crippen LogP contribution in [0.4, 0.5) is 5.82 Å². The van der Waals surface area contributed by atoms with Crippen molar-refractivity contribution in [2.75, 3.05) is 11.4 Å². The Bertz CT molecular complexity index is 571. The number of halogens is 1. The van der Waals surface area contributed by atoms with Gasteiger partial charge in [-0.3, -0.25) is 14.9 Å². The molecule has 20 heavy (non-hydrogen) atoms. The van der Waals surface area contributed by atoms with E-state index in [1.54, 1.807) is 18.7 Å². The first-order valence-electron chi connectivity index (χ1n) is 6.37. The van der Waals surface area contributed by atoms with E-state index in [0.717, 1.165) is 5.56 Å². The number of carbonyl (C=O) groups is 2. The lowest BCUT2D eigenvalue weighted by atomic mass is 9.96. The number of hydrogen-bond acceptors (Lipinski definition) is 5. The Kier molecular flexibility index (Phi) is 3.69. The van der Waals surface area contributed by atoms with Gasteiger partial charge in [-0.05, 0) is 19.8 Å². The van der Waals surface area contributed by atoms with Crippen molar-refractivity contribution in [1.29, 1.82) is 0 Å². The Labute approximate surface area is 122 Å². The lowest BCUT2D eigenvalue weighted by molar-refractivity contribution is -0.135. The second kappa shape index (κ2) is 5.01. The van der Waals surface area contributed by atoms with Crippen LogP contribution >= 0.6 is 11.6 Å². The Morgan fingerprint density at radius 3 is 2.60 bits per heavy atom. The molecule has 0 aromatic carbocycles. The molecular formula is C13H17ClN4O2. The molecule has 1 aromatic rings. The minimum Gasteiger partial charge on any atom is -0.333 e. The second-order valence-electron chi connectivity index (χ2n) is 5.58. The zero-order chi connectivity index (χ0) is 15.1. The van der Waals surface area contributed by atoms with Gasteiger partial charge in [-0.1, -0.05) is 25.4 Å². The summed E-state index contributed by atoms with van der Waals surface area (Å²) in [4.78, 5) is 33.6. The quantitative estimate of drug-likeness (QED) is 0.661. The first-order chi connectivity index (χ1) is 9.25. The summed E-state index contributed by atoms with van der Waals surface area (Å²) < 4.78 is 0.